The van der Waals surface area contributed by atoms with Crippen LogP contribution in [0.5, 0.6) is 5.75 Å². The molecule has 184 valence electrons. The zero-order chi connectivity index (χ0) is 24.5. The first kappa shape index (κ1) is 23.0. The summed E-state index contributed by atoms with van der Waals surface area (Å²) >= 11 is 0. The van der Waals surface area contributed by atoms with E-state index in [4.69, 9.17) is 9.47 Å². The molecule has 2 bridgehead atoms. The number of H-pyrrole nitrogens is 1. The Hall–Kier alpha value is -3.73. The van der Waals surface area contributed by atoms with Gasteiger partial charge < -0.3 is 19.5 Å². The van der Waals surface area contributed by atoms with Crippen molar-refractivity contribution >= 4 is 11.9 Å². The number of rotatable bonds is 7. The number of aromatic amines is 1. The highest BCUT2D eigenvalue weighted by Gasteiger charge is 2.51. The molecule has 2 saturated heterocycles. The quantitative estimate of drug-likeness (QED) is 0.491. The van der Waals surface area contributed by atoms with Crippen LogP contribution in [0, 0.1) is 0 Å². The summed E-state index contributed by atoms with van der Waals surface area (Å²) in [5, 5.41) is 16.3. The summed E-state index contributed by atoms with van der Waals surface area (Å²) < 4.78 is 26.2. The molecule has 0 radical (unpaired) electrons. The van der Waals surface area contributed by atoms with E-state index in [0.717, 1.165) is 16.7 Å². The summed E-state index contributed by atoms with van der Waals surface area (Å²) in [5.41, 5.74) is 3.19. The van der Waals surface area contributed by atoms with Crippen LogP contribution in [0.15, 0.2) is 43.0 Å². The number of hydrogen-bond donors (Lipinski definition) is 2. The lowest BCUT2D eigenvalue weighted by Crippen LogP contribution is -2.58. The predicted octanol–water partition coefficient (Wildman–Crippen LogP) is 3.57. The zero-order valence-corrected chi connectivity index (χ0v) is 19.5. The van der Waals surface area contributed by atoms with E-state index >= 15 is 4.39 Å². The Morgan fingerprint density at radius 3 is 2.80 bits per heavy atom. The normalized spacial score (nSPS) is 23.3. The second kappa shape index (κ2) is 9.49. The van der Waals surface area contributed by atoms with Crippen molar-refractivity contribution in [3.8, 4) is 28.1 Å². The number of hydrogen-bond acceptors (Lipinski definition) is 7. The standard InChI is InChI=1S/C24H27FN6O4/c1-30(20-8-16-4-6-19(23(20)25)31(16)24(32)33)22-12-26-18(11-27-22)17-5-3-14(15-9-28-29-10-15)7-21(17)35-13-34-2/h3,5,7,9-12,16,19-20,23H,4,6,8,13H2,1-2H3,(H,28,29)(H,32,33). The predicted molar refractivity (Wildman–Crippen MR) is 126 cm³/mol. The number of methoxy groups -OCH3 is 1. The third-order valence-electron chi connectivity index (χ3n) is 6.93. The van der Waals surface area contributed by atoms with Crippen molar-refractivity contribution in [1.29, 1.82) is 0 Å². The van der Waals surface area contributed by atoms with E-state index < -0.39 is 24.3 Å². The average molecular weight is 483 g/mol. The first-order valence-corrected chi connectivity index (χ1v) is 11.4. The maximum Gasteiger partial charge on any atom is 0.407 e. The van der Waals surface area contributed by atoms with E-state index in [1.807, 2.05) is 18.2 Å². The molecule has 1 aromatic carbocycles. The van der Waals surface area contributed by atoms with Crippen molar-refractivity contribution in [2.75, 3.05) is 25.9 Å². The van der Waals surface area contributed by atoms with Crippen LogP contribution in [0.3, 0.4) is 0 Å². The van der Waals surface area contributed by atoms with Gasteiger partial charge in [-0.3, -0.25) is 15.0 Å². The smallest absolute Gasteiger partial charge is 0.407 e. The molecule has 0 spiro atoms. The highest BCUT2D eigenvalue weighted by Crippen LogP contribution is 2.40. The van der Waals surface area contributed by atoms with E-state index in [9.17, 15) is 9.90 Å². The monoisotopic (exact) mass is 482 g/mol. The fraction of sp³-hybridized carbons (Fsp3) is 0.417. The summed E-state index contributed by atoms with van der Waals surface area (Å²) in [5.74, 6) is 1.11. The highest BCUT2D eigenvalue weighted by atomic mass is 19.1. The van der Waals surface area contributed by atoms with E-state index in [-0.39, 0.29) is 12.8 Å². The number of halogens is 1. The highest BCUT2D eigenvalue weighted by molar-refractivity contribution is 5.74. The van der Waals surface area contributed by atoms with Gasteiger partial charge >= 0.3 is 6.09 Å². The van der Waals surface area contributed by atoms with Gasteiger partial charge in [-0.15, -0.1) is 0 Å². The van der Waals surface area contributed by atoms with Crippen LogP contribution in [0.2, 0.25) is 0 Å². The van der Waals surface area contributed by atoms with Crippen molar-refractivity contribution in [3.63, 3.8) is 0 Å². The van der Waals surface area contributed by atoms with Crippen LogP contribution in [-0.4, -0.2) is 81.5 Å². The Morgan fingerprint density at radius 2 is 2.11 bits per heavy atom. The van der Waals surface area contributed by atoms with Gasteiger partial charge in [0.1, 0.15) is 17.7 Å². The third kappa shape index (κ3) is 4.27. The Labute approximate surface area is 201 Å². The van der Waals surface area contributed by atoms with Crippen molar-refractivity contribution in [2.24, 2.45) is 0 Å². The van der Waals surface area contributed by atoms with Gasteiger partial charge in [0.05, 0.1) is 36.4 Å². The summed E-state index contributed by atoms with van der Waals surface area (Å²) in [4.78, 5) is 23.8. The van der Waals surface area contributed by atoms with E-state index in [2.05, 4.69) is 20.2 Å². The molecule has 4 atom stereocenters. The molecular weight excluding hydrogens is 455 g/mol. The Morgan fingerprint density at radius 1 is 1.26 bits per heavy atom. The van der Waals surface area contributed by atoms with E-state index in [1.54, 1.807) is 43.8 Å². The minimum absolute atomic E-state index is 0.0748. The van der Waals surface area contributed by atoms with Crippen molar-refractivity contribution in [1.82, 2.24) is 25.1 Å². The van der Waals surface area contributed by atoms with Crippen LogP contribution in [0.1, 0.15) is 19.3 Å². The molecule has 2 aromatic heterocycles. The van der Waals surface area contributed by atoms with E-state index in [1.165, 1.54) is 4.90 Å². The zero-order valence-electron chi connectivity index (χ0n) is 19.5. The largest absolute Gasteiger partial charge is 0.467 e. The summed E-state index contributed by atoms with van der Waals surface area (Å²) in [6.07, 6.45) is 6.09. The van der Waals surface area contributed by atoms with Gasteiger partial charge in [0.15, 0.2) is 6.79 Å². The average Bonchev–Trinajstić information content (AvgIpc) is 3.53. The first-order chi connectivity index (χ1) is 17.0. The number of piperidine rings is 1. The summed E-state index contributed by atoms with van der Waals surface area (Å²) in [6, 6.07) is 4.50. The number of anilines is 1. The van der Waals surface area contributed by atoms with Gasteiger partial charge in [0, 0.05) is 37.5 Å². The second-order valence-electron chi connectivity index (χ2n) is 8.86. The first-order valence-electron chi connectivity index (χ1n) is 11.4. The molecule has 0 saturated carbocycles. The fourth-order valence-corrected chi connectivity index (χ4v) is 5.17. The van der Waals surface area contributed by atoms with Crippen LogP contribution in [-0.2, 0) is 4.74 Å². The lowest BCUT2D eigenvalue weighted by Gasteiger charge is -2.43. The summed E-state index contributed by atoms with van der Waals surface area (Å²) in [6.45, 7) is 0.0748. The van der Waals surface area contributed by atoms with Crippen LogP contribution in [0.25, 0.3) is 22.4 Å². The summed E-state index contributed by atoms with van der Waals surface area (Å²) in [7, 11) is 3.33. The van der Waals surface area contributed by atoms with Gasteiger partial charge in [-0.05, 0) is 37.0 Å². The SMILES string of the molecule is COCOc1cc(-c2cn[nH]c2)ccc1-c1cnc(N(C)C2CC3CCC(C2F)N3C(=O)O)cn1. The fourth-order valence-electron chi connectivity index (χ4n) is 5.17. The molecule has 0 aliphatic carbocycles. The number of alkyl halides is 1. The molecule has 2 fully saturated rings. The van der Waals surface area contributed by atoms with Crippen molar-refractivity contribution in [2.45, 2.75) is 43.6 Å². The number of benzene rings is 1. The topological polar surface area (TPSA) is 117 Å². The molecule has 3 aromatic rings. The molecule has 35 heavy (non-hydrogen) atoms. The molecule has 2 aliphatic rings. The van der Waals surface area contributed by atoms with Crippen LogP contribution in [0.4, 0.5) is 15.0 Å². The molecule has 10 nitrogen and oxygen atoms in total. The van der Waals surface area contributed by atoms with Gasteiger partial charge in [-0.2, -0.15) is 5.10 Å². The minimum atomic E-state index is -1.29. The molecular formula is C24H27FN6O4. The third-order valence-corrected chi connectivity index (χ3v) is 6.93. The van der Waals surface area contributed by atoms with Gasteiger partial charge in [0.25, 0.3) is 0 Å². The Balaban J connectivity index is 1.37. The molecule has 2 aliphatic heterocycles. The number of aromatic nitrogens is 4. The maximum atomic E-state index is 15.3. The molecule has 11 heteroatoms. The maximum absolute atomic E-state index is 15.3. The second-order valence-corrected chi connectivity index (χ2v) is 8.86. The number of amides is 1. The van der Waals surface area contributed by atoms with Crippen molar-refractivity contribution < 1.29 is 23.8 Å². The lowest BCUT2D eigenvalue weighted by molar-refractivity contribution is 0.0489. The van der Waals surface area contributed by atoms with Gasteiger partial charge in [-0.1, -0.05) is 6.07 Å². The van der Waals surface area contributed by atoms with Gasteiger partial charge in [-0.25, -0.2) is 14.2 Å². The number of ether oxygens (including phenoxy) is 2. The minimum Gasteiger partial charge on any atom is -0.467 e. The van der Waals surface area contributed by atoms with Gasteiger partial charge in [0.2, 0.25) is 0 Å². The van der Waals surface area contributed by atoms with Crippen molar-refractivity contribution in [3.05, 3.63) is 43.0 Å². The number of carbonyl (C=O) groups is 1. The molecule has 5 rings (SSSR count). The van der Waals surface area contributed by atoms with Crippen LogP contribution >= 0.6 is 0 Å². The number of nitrogens with zero attached hydrogens (tertiary/aromatic N) is 5. The molecule has 2 N–H and O–H groups in total. The van der Waals surface area contributed by atoms with Crippen LogP contribution < -0.4 is 9.64 Å². The number of nitrogens with one attached hydrogen (secondary N) is 1. The number of carboxylic acid groups (broad SMARTS) is 1. The molecule has 4 unspecified atom stereocenters. The molecule has 1 amide bonds. The number of fused-ring (bicyclic) bond motifs is 2. The Bertz CT molecular complexity index is 1180. The lowest BCUT2D eigenvalue weighted by atomic mass is 9.94. The van der Waals surface area contributed by atoms with E-state index in [0.29, 0.717) is 36.5 Å². The molecule has 4 heterocycles. The Kier molecular flexibility index (Phi) is 6.25.